The van der Waals surface area contributed by atoms with Crippen LogP contribution in [0.4, 0.5) is 27.9 Å². The molecule has 2 heterocycles. The number of fused-ring (bicyclic) bond motifs is 1. The Morgan fingerprint density at radius 2 is 1.74 bits per heavy atom. The number of ether oxygens (including phenoxy) is 2. The Bertz CT molecular complexity index is 1570. The maximum Gasteiger partial charge on any atom is 0.408 e. The highest BCUT2D eigenvalue weighted by atomic mass is 16.6. The van der Waals surface area contributed by atoms with Gasteiger partial charge in [0.05, 0.1) is 19.0 Å². The molecule has 1 unspecified atom stereocenters. The van der Waals surface area contributed by atoms with Crippen molar-refractivity contribution >= 4 is 47.0 Å². The maximum absolute atomic E-state index is 13.6. The van der Waals surface area contributed by atoms with Crippen LogP contribution in [0, 0.1) is 5.92 Å². The van der Waals surface area contributed by atoms with E-state index in [0.717, 1.165) is 57.2 Å². The van der Waals surface area contributed by atoms with Crippen LogP contribution >= 0.6 is 0 Å². The van der Waals surface area contributed by atoms with E-state index in [4.69, 9.17) is 14.5 Å². The van der Waals surface area contributed by atoms with Crippen LogP contribution in [0.25, 0.3) is 0 Å². The number of carboxylic acids is 1. The molecule has 2 fully saturated rings. The second-order valence-corrected chi connectivity index (χ2v) is 14.5. The molecule has 3 atom stereocenters. The number of hydrogen-bond acceptors (Lipinski definition) is 10. The lowest BCUT2D eigenvalue weighted by molar-refractivity contribution is -0.140. The van der Waals surface area contributed by atoms with Crippen molar-refractivity contribution in [2.45, 2.75) is 122 Å². The van der Waals surface area contributed by atoms with E-state index in [9.17, 15) is 24.3 Å². The second-order valence-electron chi connectivity index (χ2n) is 14.5. The number of alkyl carbamates (subject to hydrolysis) is 1. The highest BCUT2D eigenvalue weighted by Gasteiger charge is 2.41. The summed E-state index contributed by atoms with van der Waals surface area (Å²) in [6.07, 6.45) is 9.43. The van der Waals surface area contributed by atoms with Crippen molar-refractivity contribution in [1.82, 2.24) is 20.6 Å². The zero-order valence-corrected chi connectivity index (χ0v) is 30.0. The van der Waals surface area contributed by atoms with Gasteiger partial charge in [-0.15, -0.1) is 0 Å². The standard InChI is InChI=1S/C36H51N7O7/c1-7-27-32(45)42(5)28-20-37-34(41-30(28)43(27)23-14-10-11-15-23)39-24-17-16-22(18-29(24)49-6)31(44)38-25(21-12-8-9-13-21)19-26(33(46)47)40-35(48)50-36(2,3)4/h16-18,20-21,23,25-27H,7-15,19H2,1-6H3,(H,38,44)(H,40,48)(H,46,47)(H,37,39,41)/t25?,26-,27+/m0/s1. The molecule has 3 amide bonds. The molecule has 14 nitrogen and oxygen atoms in total. The number of nitrogens with zero attached hydrogens (tertiary/aromatic N) is 4. The van der Waals surface area contributed by atoms with Crippen LogP contribution in [0.2, 0.25) is 0 Å². The topological polar surface area (TPSA) is 175 Å². The first-order valence-corrected chi connectivity index (χ1v) is 17.7. The average molecular weight is 694 g/mol. The first-order valence-electron chi connectivity index (χ1n) is 17.7. The summed E-state index contributed by atoms with van der Waals surface area (Å²) in [6, 6.07) is 3.18. The Kier molecular flexibility index (Phi) is 11.4. The second kappa shape index (κ2) is 15.5. The molecule has 50 heavy (non-hydrogen) atoms. The molecule has 0 radical (unpaired) electrons. The largest absolute Gasteiger partial charge is 0.495 e. The van der Waals surface area contributed by atoms with E-state index in [2.05, 4.69) is 25.8 Å². The summed E-state index contributed by atoms with van der Waals surface area (Å²) in [5.74, 6) is -0.0447. The molecule has 0 bridgehead atoms. The number of benzene rings is 1. The van der Waals surface area contributed by atoms with Gasteiger partial charge in [0.2, 0.25) is 11.9 Å². The number of carboxylic acid groups (broad SMARTS) is 1. The van der Waals surface area contributed by atoms with Gasteiger partial charge in [0.15, 0.2) is 5.82 Å². The summed E-state index contributed by atoms with van der Waals surface area (Å²) in [5.41, 5.74) is 0.749. The molecular weight excluding hydrogens is 642 g/mol. The third kappa shape index (κ3) is 8.39. The summed E-state index contributed by atoms with van der Waals surface area (Å²) < 4.78 is 11.0. The summed E-state index contributed by atoms with van der Waals surface area (Å²) in [7, 11) is 3.26. The van der Waals surface area contributed by atoms with E-state index < -0.39 is 29.7 Å². The summed E-state index contributed by atoms with van der Waals surface area (Å²) in [5, 5.41) is 18.7. The van der Waals surface area contributed by atoms with Crippen LogP contribution in [-0.4, -0.2) is 82.9 Å². The number of aliphatic carboxylic acids is 1. The molecule has 2 aliphatic carbocycles. The molecule has 14 heteroatoms. The van der Waals surface area contributed by atoms with Crippen molar-refractivity contribution in [3.05, 3.63) is 30.0 Å². The summed E-state index contributed by atoms with van der Waals surface area (Å²) >= 11 is 0. The molecule has 1 aromatic carbocycles. The number of carbonyl (C=O) groups excluding carboxylic acids is 3. The van der Waals surface area contributed by atoms with Gasteiger partial charge >= 0.3 is 12.1 Å². The minimum absolute atomic E-state index is 0.00890. The van der Waals surface area contributed by atoms with Crippen LogP contribution in [0.5, 0.6) is 5.75 Å². The Hall–Kier alpha value is -4.62. The van der Waals surface area contributed by atoms with E-state index in [-0.39, 0.29) is 36.2 Å². The molecule has 1 aliphatic heterocycles. The van der Waals surface area contributed by atoms with Crippen molar-refractivity contribution < 1.29 is 33.8 Å². The van der Waals surface area contributed by atoms with Crippen LogP contribution in [0.1, 0.15) is 102 Å². The molecule has 2 aromatic rings. The molecule has 272 valence electrons. The maximum atomic E-state index is 13.6. The van der Waals surface area contributed by atoms with E-state index >= 15 is 0 Å². The molecule has 0 saturated heterocycles. The van der Waals surface area contributed by atoms with Gasteiger partial charge in [-0.05, 0) is 83.4 Å². The lowest BCUT2D eigenvalue weighted by Crippen LogP contribution is -2.55. The lowest BCUT2D eigenvalue weighted by Gasteiger charge is -2.43. The minimum atomic E-state index is -1.25. The number of hydrogen-bond donors (Lipinski definition) is 4. The van der Waals surface area contributed by atoms with E-state index in [1.54, 1.807) is 57.1 Å². The van der Waals surface area contributed by atoms with Crippen LogP contribution < -0.4 is 30.5 Å². The molecule has 5 rings (SSSR count). The third-order valence-corrected chi connectivity index (χ3v) is 9.89. The molecule has 4 N–H and O–H groups in total. The molecule has 3 aliphatic rings. The fourth-order valence-electron chi connectivity index (χ4n) is 7.41. The predicted octanol–water partition coefficient (Wildman–Crippen LogP) is 5.39. The average Bonchev–Trinajstić information content (AvgIpc) is 3.80. The quantitative estimate of drug-likeness (QED) is 0.224. The first-order chi connectivity index (χ1) is 23.8. The monoisotopic (exact) mass is 693 g/mol. The predicted molar refractivity (Wildman–Crippen MR) is 189 cm³/mol. The van der Waals surface area contributed by atoms with Gasteiger partial charge in [0.25, 0.3) is 5.91 Å². The smallest absolute Gasteiger partial charge is 0.408 e. The number of amides is 3. The van der Waals surface area contributed by atoms with Crippen LogP contribution in [-0.2, 0) is 14.3 Å². The Morgan fingerprint density at radius 3 is 2.36 bits per heavy atom. The Balaban J connectivity index is 1.34. The third-order valence-electron chi connectivity index (χ3n) is 9.89. The van der Waals surface area contributed by atoms with Gasteiger partial charge in [-0.25, -0.2) is 14.6 Å². The van der Waals surface area contributed by atoms with Crippen molar-refractivity contribution in [3.8, 4) is 5.75 Å². The van der Waals surface area contributed by atoms with Crippen molar-refractivity contribution in [3.63, 3.8) is 0 Å². The number of anilines is 4. The molecule has 0 spiro atoms. The Labute approximate surface area is 293 Å². The summed E-state index contributed by atoms with van der Waals surface area (Å²) in [4.78, 5) is 64.7. The fourth-order valence-corrected chi connectivity index (χ4v) is 7.41. The zero-order chi connectivity index (χ0) is 36.2. The first kappa shape index (κ1) is 36.7. The number of aromatic nitrogens is 2. The summed E-state index contributed by atoms with van der Waals surface area (Å²) in [6.45, 7) is 7.13. The van der Waals surface area contributed by atoms with Gasteiger partial charge < -0.3 is 40.3 Å². The van der Waals surface area contributed by atoms with Gasteiger partial charge in [0.1, 0.15) is 29.1 Å². The highest BCUT2D eigenvalue weighted by Crippen LogP contribution is 2.40. The van der Waals surface area contributed by atoms with E-state index in [1.807, 2.05) is 6.92 Å². The molecular formula is C36H51N7O7. The van der Waals surface area contributed by atoms with Crippen molar-refractivity contribution in [2.24, 2.45) is 5.92 Å². The van der Waals surface area contributed by atoms with Gasteiger partial charge in [-0.2, -0.15) is 4.98 Å². The number of methoxy groups -OCH3 is 1. The van der Waals surface area contributed by atoms with Gasteiger partial charge in [-0.1, -0.05) is 32.6 Å². The number of likely N-dealkylation sites (N-methyl/N-ethyl adjacent to an activating group) is 1. The number of nitrogens with one attached hydrogen (secondary N) is 3. The minimum Gasteiger partial charge on any atom is -0.495 e. The van der Waals surface area contributed by atoms with E-state index in [1.165, 1.54) is 7.11 Å². The van der Waals surface area contributed by atoms with Crippen LogP contribution in [0.15, 0.2) is 24.4 Å². The molecule has 1 aromatic heterocycles. The van der Waals surface area contributed by atoms with E-state index in [0.29, 0.717) is 35.1 Å². The van der Waals surface area contributed by atoms with Crippen molar-refractivity contribution in [2.75, 3.05) is 29.3 Å². The Morgan fingerprint density at radius 1 is 1.06 bits per heavy atom. The van der Waals surface area contributed by atoms with Gasteiger partial charge in [0, 0.05) is 24.7 Å². The normalized spacial score (nSPS) is 19.5. The van der Waals surface area contributed by atoms with Gasteiger partial charge in [-0.3, -0.25) is 9.59 Å². The SMILES string of the molecule is CC[C@@H]1C(=O)N(C)c2cnc(Nc3ccc(C(=O)NC(C[C@H](NC(=O)OC(C)(C)C)C(=O)O)C4CCCC4)cc3OC)nc2N1C1CCCC1. The number of carbonyl (C=O) groups is 4. The highest BCUT2D eigenvalue weighted by molar-refractivity contribution is 6.04. The van der Waals surface area contributed by atoms with Crippen molar-refractivity contribution in [1.29, 1.82) is 0 Å². The number of rotatable bonds is 12. The zero-order valence-electron chi connectivity index (χ0n) is 30.0. The lowest BCUT2D eigenvalue weighted by atomic mass is 9.91. The van der Waals surface area contributed by atoms with Crippen LogP contribution in [0.3, 0.4) is 0 Å². The molecule has 2 saturated carbocycles. The fraction of sp³-hybridized carbons (Fsp3) is 0.611.